The van der Waals surface area contributed by atoms with Crippen LogP contribution in [0.1, 0.15) is 31.9 Å². The van der Waals surface area contributed by atoms with Crippen molar-refractivity contribution in [1.82, 2.24) is 10.6 Å². The number of aryl methyl sites for hydroxylation is 1. The van der Waals surface area contributed by atoms with Crippen LogP contribution < -0.4 is 15.4 Å². The van der Waals surface area contributed by atoms with E-state index in [9.17, 15) is 8.42 Å². The SMILES string of the molecule is CCOc1cc(C)ccc1CNC(=NC)NCC(C)(C)S(C)(=O)=O. The molecule has 0 saturated heterocycles. The van der Waals surface area contributed by atoms with Crippen LogP contribution in [0.25, 0.3) is 0 Å². The molecule has 0 aliphatic carbocycles. The Hall–Kier alpha value is -1.76. The normalized spacial score (nSPS) is 12.8. The average Bonchev–Trinajstić information content (AvgIpc) is 2.48. The summed E-state index contributed by atoms with van der Waals surface area (Å²) in [5.41, 5.74) is 2.16. The minimum absolute atomic E-state index is 0.276. The quantitative estimate of drug-likeness (QED) is 0.577. The third kappa shape index (κ3) is 5.70. The summed E-state index contributed by atoms with van der Waals surface area (Å²) in [6, 6.07) is 6.05. The molecule has 0 aliphatic rings. The third-order valence-corrected chi connectivity index (χ3v) is 6.03. The Balaban J connectivity index is 2.72. The third-order valence-electron chi connectivity index (χ3n) is 3.88. The summed E-state index contributed by atoms with van der Waals surface area (Å²) in [5.74, 6) is 1.40. The van der Waals surface area contributed by atoms with E-state index in [-0.39, 0.29) is 6.54 Å². The van der Waals surface area contributed by atoms with Crippen molar-refractivity contribution in [3.05, 3.63) is 29.3 Å². The molecule has 0 aromatic heterocycles. The van der Waals surface area contributed by atoms with Crippen molar-refractivity contribution >= 4 is 15.8 Å². The Morgan fingerprint density at radius 3 is 2.50 bits per heavy atom. The van der Waals surface area contributed by atoms with Crippen LogP contribution in [0.2, 0.25) is 0 Å². The maximum Gasteiger partial charge on any atom is 0.191 e. The van der Waals surface area contributed by atoms with Gasteiger partial charge in [-0.3, -0.25) is 4.99 Å². The minimum Gasteiger partial charge on any atom is -0.494 e. The highest BCUT2D eigenvalue weighted by Crippen LogP contribution is 2.20. The Labute approximate surface area is 145 Å². The molecule has 0 saturated carbocycles. The van der Waals surface area contributed by atoms with Gasteiger partial charge in [-0.2, -0.15) is 0 Å². The van der Waals surface area contributed by atoms with Crippen molar-refractivity contribution in [2.24, 2.45) is 4.99 Å². The zero-order chi connectivity index (χ0) is 18.4. The number of ether oxygens (including phenoxy) is 1. The average molecular weight is 356 g/mol. The van der Waals surface area contributed by atoms with E-state index < -0.39 is 14.6 Å². The van der Waals surface area contributed by atoms with Gasteiger partial charge in [0.15, 0.2) is 15.8 Å². The van der Waals surface area contributed by atoms with Crippen LogP contribution in [0.4, 0.5) is 0 Å². The van der Waals surface area contributed by atoms with Crippen LogP contribution in [0.3, 0.4) is 0 Å². The second-order valence-electron chi connectivity index (χ2n) is 6.36. The molecule has 0 fully saturated rings. The summed E-state index contributed by atoms with van der Waals surface area (Å²) >= 11 is 0. The summed E-state index contributed by atoms with van der Waals surface area (Å²) in [5, 5.41) is 6.26. The van der Waals surface area contributed by atoms with Gasteiger partial charge in [-0.1, -0.05) is 12.1 Å². The van der Waals surface area contributed by atoms with Gasteiger partial charge in [0, 0.05) is 32.0 Å². The fourth-order valence-corrected chi connectivity index (χ4v) is 2.26. The van der Waals surface area contributed by atoms with Crippen molar-refractivity contribution in [1.29, 1.82) is 0 Å². The van der Waals surface area contributed by atoms with E-state index in [1.165, 1.54) is 6.26 Å². The molecule has 0 unspecified atom stereocenters. The summed E-state index contributed by atoms with van der Waals surface area (Å²) in [6.45, 7) is 8.77. The molecule has 0 heterocycles. The van der Waals surface area contributed by atoms with Gasteiger partial charge in [0.25, 0.3) is 0 Å². The summed E-state index contributed by atoms with van der Waals surface area (Å²) < 4.78 is 28.3. The van der Waals surface area contributed by atoms with Gasteiger partial charge in [0.05, 0.1) is 11.4 Å². The van der Waals surface area contributed by atoms with Crippen molar-refractivity contribution in [3.63, 3.8) is 0 Å². The number of aliphatic imine (C=N–C) groups is 1. The van der Waals surface area contributed by atoms with Crippen molar-refractivity contribution in [2.45, 2.75) is 39.0 Å². The maximum atomic E-state index is 11.8. The molecule has 24 heavy (non-hydrogen) atoms. The molecule has 2 N–H and O–H groups in total. The lowest BCUT2D eigenvalue weighted by atomic mass is 10.1. The van der Waals surface area contributed by atoms with Crippen molar-refractivity contribution in [3.8, 4) is 5.75 Å². The van der Waals surface area contributed by atoms with E-state index in [0.29, 0.717) is 19.1 Å². The van der Waals surface area contributed by atoms with Gasteiger partial charge < -0.3 is 15.4 Å². The van der Waals surface area contributed by atoms with E-state index >= 15 is 0 Å². The van der Waals surface area contributed by atoms with E-state index in [0.717, 1.165) is 16.9 Å². The van der Waals surface area contributed by atoms with Crippen molar-refractivity contribution in [2.75, 3.05) is 26.5 Å². The van der Waals surface area contributed by atoms with E-state index in [2.05, 4.69) is 15.6 Å². The van der Waals surface area contributed by atoms with Gasteiger partial charge in [-0.25, -0.2) is 8.42 Å². The molecule has 6 nitrogen and oxygen atoms in total. The van der Waals surface area contributed by atoms with E-state index in [4.69, 9.17) is 4.74 Å². The molecule has 1 aromatic carbocycles. The number of hydrogen-bond acceptors (Lipinski definition) is 4. The highest BCUT2D eigenvalue weighted by atomic mass is 32.2. The number of rotatable bonds is 7. The highest BCUT2D eigenvalue weighted by Gasteiger charge is 2.30. The predicted octanol–water partition coefficient (Wildman–Crippen LogP) is 1.88. The van der Waals surface area contributed by atoms with Gasteiger partial charge in [0.2, 0.25) is 0 Å². The van der Waals surface area contributed by atoms with Gasteiger partial charge in [0.1, 0.15) is 5.75 Å². The smallest absolute Gasteiger partial charge is 0.191 e. The number of benzene rings is 1. The van der Waals surface area contributed by atoms with Gasteiger partial charge in [-0.05, 0) is 39.3 Å². The Bertz CT molecular complexity index is 682. The molecule has 7 heteroatoms. The lowest BCUT2D eigenvalue weighted by Crippen LogP contribution is -2.47. The molecule has 0 amide bonds. The Kier molecular flexibility index (Phi) is 7.08. The number of guanidine groups is 1. The molecular weight excluding hydrogens is 326 g/mol. The number of sulfone groups is 1. The first-order valence-electron chi connectivity index (χ1n) is 7.97. The maximum absolute atomic E-state index is 11.8. The lowest BCUT2D eigenvalue weighted by molar-refractivity contribution is 0.336. The fraction of sp³-hybridized carbons (Fsp3) is 0.588. The topological polar surface area (TPSA) is 79.8 Å². The lowest BCUT2D eigenvalue weighted by Gasteiger charge is -2.24. The Morgan fingerprint density at radius 2 is 1.96 bits per heavy atom. The molecule has 0 spiro atoms. The molecule has 0 aliphatic heterocycles. The molecular formula is C17H29N3O3S. The number of nitrogens with zero attached hydrogens (tertiary/aromatic N) is 1. The van der Waals surface area contributed by atoms with Crippen LogP contribution >= 0.6 is 0 Å². The largest absolute Gasteiger partial charge is 0.494 e. The zero-order valence-electron chi connectivity index (χ0n) is 15.4. The molecule has 0 atom stereocenters. The monoisotopic (exact) mass is 355 g/mol. The molecule has 0 bridgehead atoms. The molecule has 1 rings (SSSR count). The van der Waals surface area contributed by atoms with Crippen LogP contribution in [0, 0.1) is 6.92 Å². The first-order valence-corrected chi connectivity index (χ1v) is 9.86. The standard InChI is InChI=1S/C17H29N3O3S/c1-7-23-15-10-13(2)8-9-14(15)11-19-16(18-5)20-12-17(3,4)24(6,21)22/h8-10H,7,11-12H2,1-6H3,(H2,18,19,20). The first-order chi connectivity index (χ1) is 11.1. The van der Waals surface area contributed by atoms with Gasteiger partial charge in [-0.15, -0.1) is 0 Å². The minimum atomic E-state index is -3.16. The second kappa shape index (κ2) is 8.37. The predicted molar refractivity (Wildman–Crippen MR) is 99.5 cm³/mol. The van der Waals surface area contributed by atoms with Crippen LogP contribution in [-0.4, -0.2) is 45.6 Å². The number of hydrogen-bond donors (Lipinski definition) is 2. The van der Waals surface area contributed by atoms with Crippen LogP contribution in [-0.2, 0) is 16.4 Å². The van der Waals surface area contributed by atoms with Crippen molar-refractivity contribution < 1.29 is 13.2 Å². The fourth-order valence-electron chi connectivity index (χ4n) is 1.92. The molecule has 1 aromatic rings. The van der Waals surface area contributed by atoms with Crippen LogP contribution in [0.5, 0.6) is 5.75 Å². The molecule has 136 valence electrons. The van der Waals surface area contributed by atoms with E-state index in [1.54, 1.807) is 20.9 Å². The summed E-state index contributed by atoms with van der Waals surface area (Å²) in [6.07, 6.45) is 1.24. The zero-order valence-corrected chi connectivity index (χ0v) is 16.3. The number of nitrogens with one attached hydrogen (secondary N) is 2. The summed E-state index contributed by atoms with van der Waals surface area (Å²) in [7, 11) is -1.50. The molecule has 0 radical (unpaired) electrons. The van der Waals surface area contributed by atoms with Crippen LogP contribution in [0.15, 0.2) is 23.2 Å². The second-order valence-corrected chi connectivity index (χ2v) is 9.00. The Morgan fingerprint density at radius 1 is 1.29 bits per heavy atom. The highest BCUT2D eigenvalue weighted by molar-refractivity contribution is 7.92. The first kappa shape index (κ1) is 20.3. The van der Waals surface area contributed by atoms with E-state index in [1.807, 2.05) is 32.0 Å². The summed E-state index contributed by atoms with van der Waals surface area (Å²) in [4.78, 5) is 4.14. The van der Waals surface area contributed by atoms with Gasteiger partial charge >= 0.3 is 0 Å².